The Morgan fingerprint density at radius 2 is 2.47 bits per heavy atom. The van der Waals surface area contributed by atoms with Crippen molar-refractivity contribution in [3.05, 3.63) is 11.7 Å². The SMILES string of the molecule is Cc1nc(C(=O)N(C)C2CCSC2)no1. The second-order valence-corrected chi connectivity index (χ2v) is 4.72. The minimum absolute atomic E-state index is 0.153. The van der Waals surface area contributed by atoms with Gasteiger partial charge in [0.2, 0.25) is 5.89 Å². The van der Waals surface area contributed by atoms with Crippen molar-refractivity contribution >= 4 is 17.7 Å². The first-order valence-electron chi connectivity index (χ1n) is 4.83. The van der Waals surface area contributed by atoms with Crippen LogP contribution in [0.4, 0.5) is 0 Å². The quantitative estimate of drug-likeness (QED) is 0.753. The molecule has 82 valence electrons. The lowest BCUT2D eigenvalue weighted by molar-refractivity contribution is 0.0732. The second kappa shape index (κ2) is 4.22. The highest BCUT2D eigenvalue weighted by atomic mass is 32.2. The molecule has 2 rings (SSSR count). The number of nitrogens with zero attached hydrogens (tertiary/aromatic N) is 3. The van der Waals surface area contributed by atoms with Gasteiger partial charge in [-0.15, -0.1) is 0 Å². The molecule has 1 aromatic rings. The van der Waals surface area contributed by atoms with Crippen molar-refractivity contribution in [3.8, 4) is 0 Å². The third-order valence-corrected chi connectivity index (χ3v) is 3.64. The van der Waals surface area contributed by atoms with Crippen LogP contribution in [0.15, 0.2) is 4.52 Å². The molecule has 15 heavy (non-hydrogen) atoms. The van der Waals surface area contributed by atoms with Crippen LogP contribution in [0.1, 0.15) is 22.9 Å². The lowest BCUT2D eigenvalue weighted by atomic mass is 10.2. The Morgan fingerprint density at radius 1 is 1.67 bits per heavy atom. The van der Waals surface area contributed by atoms with Crippen molar-refractivity contribution in [2.45, 2.75) is 19.4 Å². The van der Waals surface area contributed by atoms with Crippen LogP contribution in [0, 0.1) is 6.92 Å². The lowest BCUT2D eigenvalue weighted by Crippen LogP contribution is -2.37. The van der Waals surface area contributed by atoms with Crippen LogP contribution in [0.25, 0.3) is 0 Å². The molecule has 1 amide bonds. The van der Waals surface area contributed by atoms with Gasteiger partial charge in [-0.2, -0.15) is 16.7 Å². The Labute approximate surface area is 92.2 Å². The predicted molar refractivity (Wildman–Crippen MR) is 56.9 cm³/mol. The first-order chi connectivity index (χ1) is 7.18. The van der Waals surface area contributed by atoms with Gasteiger partial charge >= 0.3 is 0 Å². The number of rotatable bonds is 2. The maximum Gasteiger partial charge on any atom is 0.295 e. The molecule has 1 fully saturated rings. The van der Waals surface area contributed by atoms with Crippen LogP contribution in [0.5, 0.6) is 0 Å². The van der Waals surface area contributed by atoms with Gasteiger partial charge in [-0.3, -0.25) is 4.79 Å². The van der Waals surface area contributed by atoms with Crippen LogP contribution >= 0.6 is 11.8 Å². The number of hydrogen-bond donors (Lipinski definition) is 0. The highest BCUT2D eigenvalue weighted by Crippen LogP contribution is 2.22. The molecule has 0 spiro atoms. The summed E-state index contributed by atoms with van der Waals surface area (Å²) in [5.74, 6) is 2.55. The molecule has 0 aliphatic carbocycles. The van der Waals surface area contributed by atoms with E-state index in [9.17, 15) is 4.79 Å². The van der Waals surface area contributed by atoms with Crippen LogP contribution in [0.3, 0.4) is 0 Å². The monoisotopic (exact) mass is 227 g/mol. The molecular formula is C9H13N3O2S. The maximum absolute atomic E-state index is 11.9. The van der Waals surface area contributed by atoms with Gasteiger partial charge in [-0.25, -0.2) is 0 Å². The summed E-state index contributed by atoms with van der Waals surface area (Å²) in [5.41, 5.74) is 0. The van der Waals surface area contributed by atoms with Gasteiger partial charge in [0.25, 0.3) is 11.7 Å². The van der Waals surface area contributed by atoms with Crippen LogP contribution < -0.4 is 0 Å². The first kappa shape index (κ1) is 10.5. The summed E-state index contributed by atoms with van der Waals surface area (Å²) in [6, 6.07) is 0.307. The summed E-state index contributed by atoms with van der Waals surface area (Å²) in [6.45, 7) is 1.68. The molecule has 1 aliphatic rings. The number of carbonyl (C=O) groups excluding carboxylic acids is 1. The third-order valence-electron chi connectivity index (χ3n) is 2.49. The zero-order valence-electron chi connectivity index (χ0n) is 8.77. The minimum Gasteiger partial charge on any atom is -0.339 e. The van der Waals surface area contributed by atoms with Crippen molar-refractivity contribution in [1.82, 2.24) is 15.0 Å². The number of aromatic nitrogens is 2. The van der Waals surface area contributed by atoms with Crippen molar-refractivity contribution in [3.63, 3.8) is 0 Å². The second-order valence-electron chi connectivity index (χ2n) is 3.57. The molecule has 0 bridgehead atoms. The van der Waals surface area contributed by atoms with Gasteiger partial charge < -0.3 is 9.42 Å². The number of hydrogen-bond acceptors (Lipinski definition) is 5. The molecule has 0 N–H and O–H groups in total. The van der Waals surface area contributed by atoms with E-state index in [2.05, 4.69) is 10.1 Å². The third kappa shape index (κ3) is 2.14. The van der Waals surface area contributed by atoms with Crippen molar-refractivity contribution in [2.24, 2.45) is 0 Å². The molecule has 0 radical (unpaired) electrons. The van der Waals surface area contributed by atoms with Crippen LogP contribution in [-0.2, 0) is 0 Å². The molecule has 1 aromatic heterocycles. The first-order valence-corrected chi connectivity index (χ1v) is 5.99. The fraction of sp³-hybridized carbons (Fsp3) is 0.667. The lowest BCUT2D eigenvalue weighted by Gasteiger charge is -2.21. The zero-order chi connectivity index (χ0) is 10.8. The van der Waals surface area contributed by atoms with E-state index < -0.39 is 0 Å². The number of aryl methyl sites for hydroxylation is 1. The summed E-state index contributed by atoms with van der Waals surface area (Å²) >= 11 is 1.87. The summed E-state index contributed by atoms with van der Waals surface area (Å²) in [5, 5.41) is 3.62. The van der Waals surface area contributed by atoms with Gasteiger partial charge in [0.1, 0.15) is 0 Å². The average molecular weight is 227 g/mol. The molecule has 5 nitrogen and oxygen atoms in total. The van der Waals surface area contributed by atoms with Gasteiger partial charge in [0.15, 0.2) is 0 Å². The molecule has 2 heterocycles. The smallest absolute Gasteiger partial charge is 0.295 e. The van der Waals surface area contributed by atoms with Crippen molar-refractivity contribution < 1.29 is 9.32 Å². The molecule has 6 heteroatoms. The molecule has 1 saturated heterocycles. The van der Waals surface area contributed by atoms with E-state index >= 15 is 0 Å². The standard InChI is InChI=1S/C9H13N3O2S/c1-6-10-8(11-14-6)9(13)12(2)7-3-4-15-5-7/h7H,3-5H2,1-2H3. The molecule has 0 saturated carbocycles. The predicted octanol–water partition coefficient (Wildman–Crippen LogP) is 0.956. The Kier molecular flexibility index (Phi) is 2.95. The molecule has 1 atom stereocenters. The molecule has 0 aromatic carbocycles. The van der Waals surface area contributed by atoms with E-state index in [1.807, 2.05) is 11.8 Å². The van der Waals surface area contributed by atoms with Crippen molar-refractivity contribution in [2.75, 3.05) is 18.6 Å². The number of carbonyl (C=O) groups is 1. The fourth-order valence-corrected chi connectivity index (χ4v) is 2.80. The highest BCUT2D eigenvalue weighted by molar-refractivity contribution is 7.99. The molecular weight excluding hydrogens is 214 g/mol. The van der Waals surface area contributed by atoms with E-state index in [0.29, 0.717) is 11.9 Å². The largest absolute Gasteiger partial charge is 0.339 e. The van der Waals surface area contributed by atoms with E-state index in [4.69, 9.17) is 4.52 Å². The summed E-state index contributed by atoms with van der Waals surface area (Å²) in [4.78, 5) is 17.5. The van der Waals surface area contributed by atoms with E-state index in [-0.39, 0.29) is 11.7 Å². The average Bonchev–Trinajstić information content (AvgIpc) is 2.85. The van der Waals surface area contributed by atoms with Crippen LogP contribution in [0.2, 0.25) is 0 Å². The van der Waals surface area contributed by atoms with Gasteiger partial charge in [-0.05, 0) is 12.2 Å². The fourth-order valence-electron chi connectivity index (χ4n) is 1.54. The Bertz CT molecular complexity index is 360. The summed E-state index contributed by atoms with van der Waals surface area (Å²) in [7, 11) is 1.80. The van der Waals surface area contributed by atoms with Gasteiger partial charge in [0.05, 0.1) is 0 Å². The van der Waals surface area contributed by atoms with E-state index in [0.717, 1.165) is 17.9 Å². The molecule has 1 unspecified atom stereocenters. The highest BCUT2D eigenvalue weighted by Gasteiger charge is 2.27. The maximum atomic E-state index is 11.9. The number of thioether (sulfide) groups is 1. The van der Waals surface area contributed by atoms with E-state index in [1.165, 1.54) is 0 Å². The normalized spacial score (nSPS) is 20.5. The topological polar surface area (TPSA) is 59.2 Å². The number of amides is 1. The van der Waals surface area contributed by atoms with E-state index in [1.54, 1.807) is 18.9 Å². The Morgan fingerprint density at radius 3 is 3.00 bits per heavy atom. The summed E-state index contributed by atoms with van der Waals surface area (Å²) < 4.78 is 4.78. The van der Waals surface area contributed by atoms with Gasteiger partial charge in [0, 0.05) is 25.8 Å². The Balaban J connectivity index is 2.06. The van der Waals surface area contributed by atoms with Crippen LogP contribution in [-0.4, -0.2) is 45.5 Å². The molecule has 1 aliphatic heterocycles. The van der Waals surface area contributed by atoms with Gasteiger partial charge in [-0.1, -0.05) is 5.16 Å². The summed E-state index contributed by atoms with van der Waals surface area (Å²) in [6.07, 6.45) is 1.05. The zero-order valence-corrected chi connectivity index (χ0v) is 9.58. The Hall–Kier alpha value is -1.04. The minimum atomic E-state index is -0.153. The van der Waals surface area contributed by atoms with Crippen molar-refractivity contribution in [1.29, 1.82) is 0 Å².